The third-order valence-electron chi connectivity index (χ3n) is 3.73. The van der Waals surface area contributed by atoms with Gasteiger partial charge in [-0.05, 0) is 57.0 Å². The van der Waals surface area contributed by atoms with Crippen molar-refractivity contribution >= 4 is 5.91 Å². The van der Waals surface area contributed by atoms with Gasteiger partial charge < -0.3 is 10.2 Å². The summed E-state index contributed by atoms with van der Waals surface area (Å²) in [6.45, 7) is 3.29. The molecule has 1 N–H and O–H groups in total. The van der Waals surface area contributed by atoms with E-state index in [1.54, 1.807) is 19.1 Å². The lowest BCUT2D eigenvalue weighted by atomic mass is 10.00. The third kappa shape index (κ3) is 3.13. The molecule has 4 heteroatoms. The molecule has 0 radical (unpaired) electrons. The molecule has 1 atom stereocenters. The number of amides is 1. The molecule has 3 nitrogen and oxygen atoms in total. The number of hydrogen-bond acceptors (Lipinski definition) is 2. The van der Waals surface area contributed by atoms with E-state index in [1.807, 2.05) is 11.9 Å². The van der Waals surface area contributed by atoms with E-state index in [2.05, 4.69) is 5.32 Å². The van der Waals surface area contributed by atoms with Gasteiger partial charge in [0, 0.05) is 24.7 Å². The summed E-state index contributed by atoms with van der Waals surface area (Å²) in [6.07, 6.45) is 3.25. The van der Waals surface area contributed by atoms with E-state index in [0.717, 1.165) is 25.9 Å². The van der Waals surface area contributed by atoms with Gasteiger partial charge in [-0.15, -0.1) is 0 Å². The van der Waals surface area contributed by atoms with Crippen molar-refractivity contribution in [2.75, 3.05) is 20.1 Å². The van der Waals surface area contributed by atoms with Crippen LogP contribution in [0.25, 0.3) is 0 Å². The zero-order valence-corrected chi connectivity index (χ0v) is 11.6. The fourth-order valence-electron chi connectivity index (χ4n) is 2.66. The van der Waals surface area contributed by atoms with Crippen LogP contribution in [0.3, 0.4) is 0 Å². The van der Waals surface area contributed by atoms with E-state index in [4.69, 9.17) is 0 Å². The Morgan fingerprint density at radius 3 is 2.95 bits per heavy atom. The summed E-state index contributed by atoms with van der Waals surface area (Å²) in [5, 5.41) is 3.14. The van der Waals surface area contributed by atoms with Crippen LogP contribution >= 0.6 is 0 Å². The highest BCUT2D eigenvalue weighted by molar-refractivity contribution is 5.94. The highest BCUT2D eigenvalue weighted by atomic mass is 19.1. The number of likely N-dealkylation sites (tertiary alicyclic amines) is 1. The predicted molar refractivity (Wildman–Crippen MR) is 73.7 cm³/mol. The van der Waals surface area contributed by atoms with Gasteiger partial charge in [0.2, 0.25) is 0 Å². The van der Waals surface area contributed by atoms with Gasteiger partial charge in [-0.1, -0.05) is 0 Å². The molecule has 1 aromatic carbocycles. The second kappa shape index (κ2) is 6.15. The zero-order valence-electron chi connectivity index (χ0n) is 11.6. The van der Waals surface area contributed by atoms with E-state index in [0.29, 0.717) is 11.1 Å². The second-order valence-electron chi connectivity index (χ2n) is 5.17. The van der Waals surface area contributed by atoms with Crippen molar-refractivity contribution in [1.82, 2.24) is 10.2 Å². The van der Waals surface area contributed by atoms with Gasteiger partial charge >= 0.3 is 0 Å². The number of piperidine rings is 1. The van der Waals surface area contributed by atoms with Crippen LogP contribution in [0, 0.1) is 12.7 Å². The molecule has 0 aromatic heterocycles. The van der Waals surface area contributed by atoms with Gasteiger partial charge in [0.1, 0.15) is 5.82 Å². The molecular weight excluding hydrogens is 243 g/mol. The molecule has 1 amide bonds. The summed E-state index contributed by atoms with van der Waals surface area (Å²) in [4.78, 5) is 14.4. The van der Waals surface area contributed by atoms with Crippen molar-refractivity contribution in [3.05, 3.63) is 35.1 Å². The van der Waals surface area contributed by atoms with Crippen molar-refractivity contribution in [3.63, 3.8) is 0 Å². The summed E-state index contributed by atoms with van der Waals surface area (Å²) >= 11 is 0. The molecule has 0 saturated carbocycles. The Morgan fingerprint density at radius 1 is 1.47 bits per heavy atom. The standard InChI is InChI=1S/C15H21FN2O/c1-11-9-12(6-7-14(11)16)15(19)18-8-4-3-5-13(18)10-17-2/h6-7,9,13,17H,3-5,8,10H2,1-2H3. The minimum atomic E-state index is -0.262. The number of halogens is 1. The monoisotopic (exact) mass is 264 g/mol. The lowest BCUT2D eigenvalue weighted by Gasteiger charge is -2.35. The number of aryl methyl sites for hydroxylation is 1. The zero-order chi connectivity index (χ0) is 13.8. The van der Waals surface area contributed by atoms with Crippen LogP contribution in [-0.4, -0.2) is 37.0 Å². The van der Waals surface area contributed by atoms with Crippen LogP contribution in [0.2, 0.25) is 0 Å². The molecule has 1 aliphatic heterocycles. The number of carbonyl (C=O) groups excluding carboxylic acids is 1. The average Bonchev–Trinajstić information content (AvgIpc) is 2.42. The van der Waals surface area contributed by atoms with Crippen LogP contribution in [0.5, 0.6) is 0 Å². The van der Waals surface area contributed by atoms with Crippen LogP contribution in [0.15, 0.2) is 18.2 Å². The number of nitrogens with zero attached hydrogens (tertiary/aromatic N) is 1. The molecule has 2 rings (SSSR count). The van der Waals surface area contributed by atoms with Gasteiger partial charge in [-0.25, -0.2) is 4.39 Å². The summed E-state index contributed by atoms with van der Waals surface area (Å²) in [5.41, 5.74) is 1.11. The Hall–Kier alpha value is -1.42. The Labute approximate surface area is 113 Å². The summed E-state index contributed by atoms with van der Waals surface area (Å²) < 4.78 is 13.3. The first-order chi connectivity index (χ1) is 9.13. The predicted octanol–water partition coefficient (Wildman–Crippen LogP) is 2.35. The minimum absolute atomic E-state index is 0.0167. The minimum Gasteiger partial charge on any atom is -0.334 e. The Bertz CT molecular complexity index is 459. The first-order valence-corrected chi connectivity index (χ1v) is 6.85. The average molecular weight is 264 g/mol. The lowest BCUT2D eigenvalue weighted by molar-refractivity contribution is 0.0615. The molecule has 104 valence electrons. The van der Waals surface area contributed by atoms with Crippen molar-refractivity contribution in [2.45, 2.75) is 32.2 Å². The van der Waals surface area contributed by atoms with Crippen LogP contribution in [-0.2, 0) is 0 Å². The first-order valence-electron chi connectivity index (χ1n) is 6.85. The quantitative estimate of drug-likeness (QED) is 0.909. The third-order valence-corrected chi connectivity index (χ3v) is 3.73. The summed E-state index contributed by atoms with van der Waals surface area (Å²) in [6, 6.07) is 4.84. The molecule has 1 aromatic rings. The number of rotatable bonds is 3. The van der Waals surface area contributed by atoms with Crippen LogP contribution in [0.1, 0.15) is 35.2 Å². The largest absolute Gasteiger partial charge is 0.334 e. The van der Waals surface area contributed by atoms with E-state index in [9.17, 15) is 9.18 Å². The molecule has 1 fully saturated rings. The first kappa shape index (κ1) is 14.0. The Morgan fingerprint density at radius 2 is 2.26 bits per heavy atom. The molecular formula is C15H21FN2O. The normalized spacial score (nSPS) is 19.5. The maximum atomic E-state index is 13.3. The highest BCUT2D eigenvalue weighted by Gasteiger charge is 2.27. The van der Waals surface area contributed by atoms with Crippen LogP contribution in [0.4, 0.5) is 4.39 Å². The van der Waals surface area contributed by atoms with Gasteiger partial charge in [0.25, 0.3) is 5.91 Å². The number of carbonyl (C=O) groups is 1. The summed E-state index contributed by atoms with van der Waals surface area (Å²) in [7, 11) is 1.90. The van der Waals surface area contributed by atoms with Crippen molar-refractivity contribution in [3.8, 4) is 0 Å². The smallest absolute Gasteiger partial charge is 0.254 e. The Kier molecular flexibility index (Phi) is 4.53. The summed E-state index contributed by atoms with van der Waals surface area (Å²) in [5.74, 6) is -0.245. The molecule has 1 aliphatic rings. The van der Waals surface area contributed by atoms with E-state index in [1.165, 1.54) is 12.5 Å². The molecule has 19 heavy (non-hydrogen) atoms. The molecule has 0 bridgehead atoms. The molecule has 1 unspecified atom stereocenters. The van der Waals surface area contributed by atoms with Crippen molar-refractivity contribution < 1.29 is 9.18 Å². The fourth-order valence-corrected chi connectivity index (χ4v) is 2.66. The molecule has 1 saturated heterocycles. The second-order valence-corrected chi connectivity index (χ2v) is 5.17. The number of benzene rings is 1. The van der Waals surface area contributed by atoms with E-state index >= 15 is 0 Å². The maximum absolute atomic E-state index is 13.3. The van der Waals surface area contributed by atoms with E-state index in [-0.39, 0.29) is 17.8 Å². The fraction of sp³-hybridized carbons (Fsp3) is 0.533. The Balaban J connectivity index is 2.18. The van der Waals surface area contributed by atoms with Gasteiger partial charge in [-0.3, -0.25) is 4.79 Å². The van der Waals surface area contributed by atoms with Gasteiger partial charge in [0.05, 0.1) is 0 Å². The molecule has 1 heterocycles. The lowest BCUT2D eigenvalue weighted by Crippen LogP contribution is -2.48. The van der Waals surface area contributed by atoms with E-state index < -0.39 is 0 Å². The number of hydrogen-bond donors (Lipinski definition) is 1. The molecule has 0 aliphatic carbocycles. The van der Waals surface area contributed by atoms with Crippen LogP contribution < -0.4 is 5.32 Å². The number of nitrogens with one attached hydrogen (secondary N) is 1. The topological polar surface area (TPSA) is 32.3 Å². The highest BCUT2D eigenvalue weighted by Crippen LogP contribution is 2.20. The van der Waals surface area contributed by atoms with Gasteiger partial charge in [0.15, 0.2) is 0 Å². The van der Waals surface area contributed by atoms with Crippen molar-refractivity contribution in [2.24, 2.45) is 0 Å². The SMILES string of the molecule is CNCC1CCCCN1C(=O)c1ccc(F)c(C)c1. The van der Waals surface area contributed by atoms with Crippen molar-refractivity contribution in [1.29, 1.82) is 0 Å². The molecule has 0 spiro atoms. The van der Waals surface area contributed by atoms with Gasteiger partial charge in [-0.2, -0.15) is 0 Å². The number of likely N-dealkylation sites (N-methyl/N-ethyl adjacent to an activating group) is 1. The maximum Gasteiger partial charge on any atom is 0.254 e.